The fourth-order valence-electron chi connectivity index (χ4n) is 1.81. The molecule has 0 aliphatic heterocycles. The van der Waals surface area contributed by atoms with Crippen LogP contribution >= 0.6 is 11.6 Å². The zero-order valence-corrected chi connectivity index (χ0v) is 10.7. The Morgan fingerprint density at radius 2 is 1.95 bits per heavy atom. The van der Waals surface area contributed by atoms with E-state index in [2.05, 4.69) is 0 Å². The first-order valence-electron chi connectivity index (χ1n) is 5.39. The lowest BCUT2D eigenvalue weighted by atomic mass is 9.98. The van der Waals surface area contributed by atoms with Gasteiger partial charge in [0.2, 0.25) is 0 Å². The summed E-state index contributed by atoms with van der Waals surface area (Å²) >= 11 is 5.85. The standard InChI is InChI=1S/C14H10ClFO3/c1-19-13-6-8(15)2-4-10(13)12-7-9(16)3-5-11(12)14(17)18/h2-7H,1H3,(H,17,18). The predicted molar refractivity (Wildman–Crippen MR) is 70.4 cm³/mol. The van der Waals surface area contributed by atoms with Gasteiger partial charge in [0.05, 0.1) is 12.7 Å². The average molecular weight is 281 g/mol. The molecule has 19 heavy (non-hydrogen) atoms. The Morgan fingerprint density at radius 3 is 2.58 bits per heavy atom. The minimum atomic E-state index is -1.13. The van der Waals surface area contributed by atoms with Gasteiger partial charge in [-0.05, 0) is 36.4 Å². The maximum atomic E-state index is 13.4. The highest BCUT2D eigenvalue weighted by Gasteiger charge is 2.16. The molecule has 0 amide bonds. The molecule has 0 atom stereocenters. The van der Waals surface area contributed by atoms with Crippen LogP contribution < -0.4 is 4.74 Å². The van der Waals surface area contributed by atoms with Crippen LogP contribution in [0.25, 0.3) is 11.1 Å². The van der Waals surface area contributed by atoms with Gasteiger partial charge in [-0.2, -0.15) is 0 Å². The van der Waals surface area contributed by atoms with Gasteiger partial charge in [0, 0.05) is 16.1 Å². The van der Waals surface area contributed by atoms with Crippen molar-refractivity contribution in [2.45, 2.75) is 0 Å². The van der Waals surface area contributed by atoms with Crippen molar-refractivity contribution in [3.8, 4) is 16.9 Å². The molecule has 0 radical (unpaired) electrons. The molecule has 0 fully saturated rings. The SMILES string of the molecule is COc1cc(Cl)ccc1-c1cc(F)ccc1C(=O)O. The zero-order valence-electron chi connectivity index (χ0n) is 9.98. The fourth-order valence-corrected chi connectivity index (χ4v) is 1.98. The molecule has 2 aromatic rings. The molecular formula is C14H10ClFO3. The molecule has 0 aliphatic rings. The molecule has 0 saturated carbocycles. The van der Waals surface area contributed by atoms with E-state index in [4.69, 9.17) is 21.4 Å². The van der Waals surface area contributed by atoms with Crippen LogP contribution in [0.5, 0.6) is 5.75 Å². The number of carboxylic acid groups (broad SMARTS) is 1. The van der Waals surface area contributed by atoms with Gasteiger partial charge in [-0.1, -0.05) is 11.6 Å². The maximum Gasteiger partial charge on any atom is 0.336 e. The number of methoxy groups -OCH3 is 1. The first-order chi connectivity index (χ1) is 9.02. The van der Waals surface area contributed by atoms with Crippen LogP contribution in [0, 0.1) is 5.82 Å². The van der Waals surface area contributed by atoms with E-state index in [1.165, 1.54) is 13.2 Å². The van der Waals surface area contributed by atoms with Gasteiger partial charge in [-0.25, -0.2) is 9.18 Å². The van der Waals surface area contributed by atoms with Gasteiger partial charge >= 0.3 is 5.97 Å². The summed E-state index contributed by atoms with van der Waals surface area (Å²) in [6.45, 7) is 0. The molecule has 0 aliphatic carbocycles. The van der Waals surface area contributed by atoms with Crippen LogP contribution in [0.15, 0.2) is 36.4 Å². The number of hydrogen-bond donors (Lipinski definition) is 1. The second-order valence-electron chi connectivity index (χ2n) is 3.84. The summed E-state index contributed by atoms with van der Waals surface area (Å²) in [5, 5.41) is 9.60. The van der Waals surface area contributed by atoms with Crippen molar-refractivity contribution >= 4 is 17.6 Å². The molecule has 0 bridgehead atoms. The van der Waals surface area contributed by atoms with Crippen LogP contribution in [-0.2, 0) is 0 Å². The van der Waals surface area contributed by atoms with Gasteiger partial charge in [0.15, 0.2) is 0 Å². The van der Waals surface area contributed by atoms with Crippen molar-refractivity contribution in [1.82, 2.24) is 0 Å². The van der Waals surface area contributed by atoms with Crippen LogP contribution in [0.1, 0.15) is 10.4 Å². The van der Waals surface area contributed by atoms with Gasteiger partial charge < -0.3 is 9.84 Å². The third kappa shape index (κ3) is 2.69. The molecule has 0 unspecified atom stereocenters. The maximum absolute atomic E-state index is 13.4. The first-order valence-corrected chi connectivity index (χ1v) is 5.77. The molecule has 0 aromatic heterocycles. The Bertz CT molecular complexity index is 641. The van der Waals surface area contributed by atoms with Crippen molar-refractivity contribution in [2.75, 3.05) is 7.11 Å². The summed E-state index contributed by atoms with van der Waals surface area (Å²) in [4.78, 5) is 11.2. The number of rotatable bonds is 3. The number of carboxylic acids is 1. The van der Waals surface area contributed by atoms with Crippen molar-refractivity contribution in [3.05, 3.63) is 52.8 Å². The topological polar surface area (TPSA) is 46.5 Å². The zero-order chi connectivity index (χ0) is 14.0. The molecule has 5 heteroatoms. The summed E-state index contributed by atoms with van der Waals surface area (Å²) in [5.74, 6) is -1.26. The molecule has 3 nitrogen and oxygen atoms in total. The van der Waals surface area contributed by atoms with Crippen molar-refractivity contribution in [1.29, 1.82) is 0 Å². The lowest BCUT2D eigenvalue weighted by Gasteiger charge is -2.11. The van der Waals surface area contributed by atoms with E-state index in [-0.39, 0.29) is 11.1 Å². The smallest absolute Gasteiger partial charge is 0.336 e. The third-order valence-electron chi connectivity index (χ3n) is 2.67. The monoisotopic (exact) mass is 280 g/mol. The van der Waals surface area contributed by atoms with Crippen molar-refractivity contribution in [2.24, 2.45) is 0 Å². The first kappa shape index (κ1) is 13.4. The molecular weight excluding hydrogens is 271 g/mol. The fraction of sp³-hybridized carbons (Fsp3) is 0.0714. The molecule has 0 spiro atoms. The number of halogens is 2. The minimum absolute atomic E-state index is 0.00187. The van der Waals surface area contributed by atoms with Gasteiger partial charge in [-0.3, -0.25) is 0 Å². The molecule has 98 valence electrons. The Hall–Kier alpha value is -2.07. The molecule has 1 N–H and O–H groups in total. The van der Waals surface area contributed by atoms with Gasteiger partial charge in [0.1, 0.15) is 11.6 Å². The van der Waals surface area contributed by atoms with E-state index in [9.17, 15) is 9.18 Å². The highest BCUT2D eigenvalue weighted by Crippen LogP contribution is 2.34. The number of carbonyl (C=O) groups is 1. The van der Waals surface area contributed by atoms with E-state index in [1.807, 2.05) is 0 Å². The largest absolute Gasteiger partial charge is 0.496 e. The summed E-state index contributed by atoms with van der Waals surface area (Å²) in [6, 6.07) is 8.23. The Labute approximate surface area is 114 Å². The number of aromatic carboxylic acids is 1. The van der Waals surface area contributed by atoms with Crippen LogP contribution in [-0.4, -0.2) is 18.2 Å². The van der Waals surface area contributed by atoms with Crippen molar-refractivity contribution < 1.29 is 19.0 Å². The average Bonchev–Trinajstić information content (AvgIpc) is 2.38. The second-order valence-corrected chi connectivity index (χ2v) is 4.28. The predicted octanol–water partition coefficient (Wildman–Crippen LogP) is 3.85. The van der Waals surface area contributed by atoms with Crippen molar-refractivity contribution in [3.63, 3.8) is 0 Å². The van der Waals surface area contributed by atoms with E-state index in [0.29, 0.717) is 16.3 Å². The summed E-state index contributed by atoms with van der Waals surface area (Å²) < 4.78 is 18.5. The highest BCUT2D eigenvalue weighted by atomic mass is 35.5. The minimum Gasteiger partial charge on any atom is -0.496 e. The summed E-state index contributed by atoms with van der Waals surface area (Å²) in [5.41, 5.74) is 0.729. The number of benzene rings is 2. The lowest BCUT2D eigenvalue weighted by Crippen LogP contribution is -2.01. The summed E-state index contributed by atoms with van der Waals surface area (Å²) in [7, 11) is 1.44. The Balaban J connectivity index is 2.70. The van der Waals surface area contributed by atoms with Crippen LogP contribution in [0.4, 0.5) is 4.39 Å². The quantitative estimate of drug-likeness (QED) is 0.929. The van der Waals surface area contributed by atoms with E-state index >= 15 is 0 Å². The summed E-state index contributed by atoms with van der Waals surface area (Å²) in [6.07, 6.45) is 0. The normalized spacial score (nSPS) is 10.3. The van der Waals surface area contributed by atoms with E-state index < -0.39 is 11.8 Å². The molecule has 2 aromatic carbocycles. The van der Waals surface area contributed by atoms with Crippen LogP contribution in [0.3, 0.4) is 0 Å². The van der Waals surface area contributed by atoms with E-state index in [1.54, 1.807) is 18.2 Å². The number of ether oxygens (including phenoxy) is 1. The third-order valence-corrected chi connectivity index (χ3v) is 2.90. The second kappa shape index (κ2) is 5.28. The Morgan fingerprint density at radius 1 is 1.21 bits per heavy atom. The molecule has 2 rings (SSSR count). The Kier molecular flexibility index (Phi) is 3.71. The van der Waals surface area contributed by atoms with Gasteiger partial charge in [0.25, 0.3) is 0 Å². The van der Waals surface area contributed by atoms with Gasteiger partial charge in [-0.15, -0.1) is 0 Å². The van der Waals surface area contributed by atoms with Crippen LogP contribution in [0.2, 0.25) is 5.02 Å². The van der Waals surface area contributed by atoms with E-state index in [0.717, 1.165) is 12.1 Å². The number of hydrogen-bond acceptors (Lipinski definition) is 2. The molecule has 0 heterocycles. The lowest BCUT2D eigenvalue weighted by molar-refractivity contribution is 0.0697. The highest BCUT2D eigenvalue weighted by molar-refractivity contribution is 6.30. The molecule has 0 saturated heterocycles.